The van der Waals surface area contributed by atoms with Crippen LogP contribution in [0.1, 0.15) is 6.92 Å². The van der Waals surface area contributed by atoms with Crippen LogP contribution in [0, 0.1) is 0 Å². The molecule has 398 valence electrons. The summed E-state index contributed by atoms with van der Waals surface area (Å²) in [6, 6.07) is -1.83. The highest BCUT2D eigenvalue weighted by Gasteiger charge is 2.58. The van der Waals surface area contributed by atoms with Gasteiger partial charge in [0.15, 0.2) is 37.6 Å². The Balaban J connectivity index is 1.35. The van der Waals surface area contributed by atoms with Crippen LogP contribution in [0.25, 0.3) is 10.4 Å². The molecule has 5 aliphatic heterocycles. The number of nitrogens with zero attached hydrogens (tertiary/aromatic N) is 3. The van der Waals surface area contributed by atoms with Crippen molar-refractivity contribution in [2.75, 3.05) is 39.6 Å². The number of rotatable bonds is 20. The van der Waals surface area contributed by atoms with Crippen LogP contribution in [-0.4, -0.2) is 289 Å². The van der Waals surface area contributed by atoms with Gasteiger partial charge in [-0.15, -0.1) is 0 Å². The number of carboxylic acids is 1. The van der Waals surface area contributed by atoms with Crippen molar-refractivity contribution in [1.29, 1.82) is 0 Å². The summed E-state index contributed by atoms with van der Waals surface area (Å²) in [7, 11) is -5.49. The van der Waals surface area contributed by atoms with Crippen molar-refractivity contribution in [3.63, 3.8) is 0 Å². The minimum absolute atomic E-state index is 0.196. The normalized spacial score (nSPS) is 45.3. The molecule has 0 radical (unpaired) electrons. The van der Waals surface area contributed by atoms with E-state index in [2.05, 4.69) is 19.5 Å². The van der Waals surface area contributed by atoms with Crippen molar-refractivity contribution < 1.29 is 146 Å². The van der Waals surface area contributed by atoms with Gasteiger partial charge in [-0.3, -0.25) is 9.35 Å². The van der Waals surface area contributed by atoms with Gasteiger partial charge in [-0.25, -0.2) is 8.98 Å². The number of hydrogen-bond donors (Lipinski definition) is 16. The zero-order chi connectivity index (χ0) is 51.2. The standard InChI is InChI=1S/C34H56N4O30S/c1-8(43)37-13-16(46)23(63-32-21(51)26(15(45)10(5-40)59-32)66-34-22(52)27(68-69(55,56)57)19(49)28(67-34)29(53)54)11(6-41)61-30(13)65-25-14(44)9(4-39)60-33(20(25)50)64-24-12(7-42)62-31(18(48)17(24)47)58-3-2-36-38-35/h9-28,30-34,39-42,44-52H,2-7H2,1H3,(H,37,43)(H,53,54)(H,55,56,57)/t9?,10?,11?,12?,13-,14-,15-,16?,17?,18-,19-,20-,21-,22-,23+,24+,25?,26?,27?,28?,30-,31+,32-,33-,34+/m0/s1. The highest BCUT2D eigenvalue weighted by atomic mass is 32.3. The fourth-order valence-electron chi connectivity index (χ4n) is 8.03. The van der Waals surface area contributed by atoms with E-state index < -0.39 is 202 Å². The summed E-state index contributed by atoms with van der Waals surface area (Å²) in [5.41, 5.74) is 8.47. The molecule has 69 heavy (non-hydrogen) atoms. The van der Waals surface area contributed by atoms with Crippen molar-refractivity contribution in [3.05, 3.63) is 10.4 Å². The van der Waals surface area contributed by atoms with Crippen LogP contribution in [0.2, 0.25) is 0 Å². The molecule has 1 amide bonds. The Kier molecular flexibility index (Phi) is 20.5. The Hall–Kier alpha value is -2.80. The molecule has 5 heterocycles. The Bertz CT molecular complexity index is 1840. The van der Waals surface area contributed by atoms with Gasteiger partial charge < -0.3 is 124 Å². The lowest BCUT2D eigenvalue weighted by atomic mass is 9.94. The second-order valence-corrected chi connectivity index (χ2v) is 17.1. The summed E-state index contributed by atoms with van der Waals surface area (Å²) in [5, 5.41) is 155. The van der Waals surface area contributed by atoms with Gasteiger partial charge in [0, 0.05) is 18.4 Å². The highest BCUT2D eigenvalue weighted by molar-refractivity contribution is 7.80. The quantitative estimate of drug-likeness (QED) is 0.0177. The molecule has 25 atom stereocenters. The summed E-state index contributed by atoms with van der Waals surface area (Å²) in [6.07, 6.45) is -49.2. The molecule has 0 aromatic rings. The van der Waals surface area contributed by atoms with E-state index in [1.54, 1.807) is 0 Å². The first kappa shape index (κ1) is 57.1. The Morgan fingerprint density at radius 1 is 0.580 bits per heavy atom. The van der Waals surface area contributed by atoms with E-state index in [4.69, 9.17) is 52.9 Å². The van der Waals surface area contributed by atoms with E-state index in [-0.39, 0.29) is 13.2 Å². The number of aliphatic hydroxyl groups excluding tert-OH is 13. The number of carbonyl (C=O) groups is 2. The van der Waals surface area contributed by atoms with Gasteiger partial charge in [-0.1, -0.05) is 5.11 Å². The number of azide groups is 1. The molecular weight excluding hydrogens is 976 g/mol. The van der Waals surface area contributed by atoms with Crippen LogP contribution in [0.15, 0.2) is 5.11 Å². The molecule has 0 aromatic heterocycles. The zero-order valence-electron chi connectivity index (χ0n) is 35.8. The lowest BCUT2D eigenvalue weighted by Crippen LogP contribution is -2.70. The van der Waals surface area contributed by atoms with Gasteiger partial charge in [0.1, 0.15) is 116 Å². The number of aliphatic carboxylic acids is 1. The molecule has 5 fully saturated rings. The van der Waals surface area contributed by atoms with Gasteiger partial charge in [-0.05, 0) is 5.53 Å². The summed E-state index contributed by atoms with van der Waals surface area (Å²) in [6.45, 7) is -3.59. The van der Waals surface area contributed by atoms with Crippen LogP contribution in [-0.2, 0) is 71.5 Å². The fraction of sp³-hybridized carbons (Fsp3) is 0.941. The number of carbonyl (C=O) groups excluding carboxylic acids is 1. The topological polar surface area (TPSA) is 534 Å². The van der Waals surface area contributed by atoms with Gasteiger partial charge in [0.2, 0.25) is 5.91 Å². The maximum absolute atomic E-state index is 12.5. The Morgan fingerprint density at radius 2 is 1.01 bits per heavy atom. The van der Waals surface area contributed by atoms with Gasteiger partial charge in [-0.2, -0.15) is 8.42 Å². The molecule has 0 aliphatic carbocycles. The van der Waals surface area contributed by atoms with E-state index in [1.165, 1.54) is 0 Å². The summed E-state index contributed by atoms with van der Waals surface area (Å²) in [4.78, 5) is 26.9. The van der Waals surface area contributed by atoms with Crippen molar-refractivity contribution in [1.82, 2.24) is 5.32 Å². The lowest BCUT2D eigenvalue weighted by Gasteiger charge is -2.50. The van der Waals surface area contributed by atoms with Crippen molar-refractivity contribution in [2.24, 2.45) is 5.11 Å². The predicted molar refractivity (Wildman–Crippen MR) is 207 cm³/mol. The molecule has 0 saturated carbocycles. The molecule has 0 aromatic carbocycles. The van der Waals surface area contributed by atoms with E-state index in [0.717, 1.165) is 6.92 Å². The molecule has 16 N–H and O–H groups in total. The third kappa shape index (κ3) is 13.2. The van der Waals surface area contributed by atoms with Crippen LogP contribution >= 0.6 is 0 Å². The minimum atomic E-state index is -5.49. The van der Waals surface area contributed by atoms with Crippen LogP contribution < -0.4 is 5.32 Å². The van der Waals surface area contributed by atoms with Crippen LogP contribution in [0.5, 0.6) is 0 Å². The summed E-state index contributed by atoms with van der Waals surface area (Å²) < 4.78 is 91.9. The highest BCUT2D eigenvalue weighted by Crippen LogP contribution is 2.36. The molecule has 10 unspecified atom stereocenters. The monoisotopic (exact) mass is 1030 g/mol. The average Bonchev–Trinajstić information content (AvgIpc) is 3.29. The first-order valence-electron chi connectivity index (χ1n) is 20.7. The maximum Gasteiger partial charge on any atom is 0.397 e. The summed E-state index contributed by atoms with van der Waals surface area (Å²) in [5.74, 6) is -2.86. The smallest absolute Gasteiger partial charge is 0.397 e. The van der Waals surface area contributed by atoms with E-state index in [0.29, 0.717) is 0 Å². The first-order chi connectivity index (χ1) is 32.5. The second kappa shape index (κ2) is 24.8. The fourth-order valence-corrected chi connectivity index (χ4v) is 8.54. The number of aliphatic hydroxyl groups is 13. The predicted octanol–water partition coefficient (Wildman–Crippen LogP) is -10.5. The van der Waals surface area contributed by atoms with E-state index >= 15 is 0 Å². The third-order valence-electron chi connectivity index (χ3n) is 11.4. The lowest BCUT2D eigenvalue weighted by molar-refractivity contribution is -0.386. The maximum atomic E-state index is 12.5. The SMILES string of the molecule is CC(=O)N[C@H]1C(O)[C@H](O[C@@H]2OC(CO)[C@H](O)C(O[C@@H]3OC(C(=O)O)[C@@H](O)C(OS(=O)(=O)O)[C@@H]3O)[C@@H]2O)C(CO)O[C@H]1OC1[C@@H](O)C(CO)O[C@@H](O[C@@H]2C(CO)O[C@@H](OCCN=[N+]=[N-])[C@@H](O)C2O)[C@H]1O. The van der Waals surface area contributed by atoms with E-state index in [9.17, 15) is 94.1 Å². The van der Waals surface area contributed by atoms with Gasteiger partial charge in [0.25, 0.3) is 0 Å². The average molecular weight is 1030 g/mol. The number of amides is 1. The summed E-state index contributed by atoms with van der Waals surface area (Å²) >= 11 is 0. The zero-order valence-corrected chi connectivity index (χ0v) is 36.6. The van der Waals surface area contributed by atoms with Crippen LogP contribution in [0.4, 0.5) is 0 Å². The molecule has 0 spiro atoms. The number of nitrogens with one attached hydrogen (secondary N) is 1. The number of ether oxygens (including phenoxy) is 10. The van der Waals surface area contributed by atoms with Crippen molar-refractivity contribution in [2.45, 2.75) is 160 Å². The third-order valence-corrected chi connectivity index (χ3v) is 11.9. The molecular formula is C34H56N4O30S. The van der Waals surface area contributed by atoms with Gasteiger partial charge in [0.05, 0.1) is 33.0 Å². The Morgan fingerprint density at radius 3 is 1.48 bits per heavy atom. The minimum Gasteiger partial charge on any atom is -0.479 e. The molecule has 5 rings (SSSR count). The van der Waals surface area contributed by atoms with Crippen molar-refractivity contribution >= 4 is 22.3 Å². The van der Waals surface area contributed by atoms with Gasteiger partial charge >= 0.3 is 16.4 Å². The number of carboxylic acid groups (broad SMARTS) is 1. The first-order valence-corrected chi connectivity index (χ1v) is 22.1. The largest absolute Gasteiger partial charge is 0.479 e. The number of hydrogen-bond acceptors (Lipinski definition) is 29. The molecule has 0 bridgehead atoms. The molecule has 35 heteroatoms. The molecule has 34 nitrogen and oxygen atoms in total. The molecule has 5 saturated heterocycles. The Labute approximate surface area is 388 Å². The molecule has 5 aliphatic rings. The van der Waals surface area contributed by atoms with Crippen LogP contribution in [0.3, 0.4) is 0 Å². The van der Waals surface area contributed by atoms with Crippen molar-refractivity contribution in [3.8, 4) is 0 Å². The second-order valence-electron chi connectivity index (χ2n) is 16.0. The van der Waals surface area contributed by atoms with E-state index in [1.807, 2.05) is 0 Å².